The highest BCUT2D eigenvalue weighted by Crippen LogP contribution is 2.16. The number of nitrogens with one attached hydrogen (secondary N) is 3. The second-order valence-corrected chi connectivity index (χ2v) is 8.04. The van der Waals surface area contributed by atoms with Gasteiger partial charge in [0, 0.05) is 38.3 Å². The van der Waals surface area contributed by atoms with Crippen molar-refractivity contribution >= 4 is 35.8 Å². The quantitative estimate of drug-likeness (QED) is 0.246. The normalized spacial score (nSPS) is 22.0. The first-order valence-corrected chi connectivity index (χ1v) is 11.4. The van der Waals surface area contributed by atoms with E-state index in [1.807, 2.05) is 0 Å². The van der Waals surface area contributed by atoms with E-state index in [2.05, 4.69) is 46.5 Å². The first-order chi connectivity index (χ1) is 13.7. The van der Waals surface area contributed by atoms with E-state index in [0.717, 1.165) is 64.5 Å². The van der Waals surface area contributed by atoms with Crippen LogP contribution < -0.4 is 16.0 Å². The maximum atomic E-state index is 11.9. The molecule has 0 aromatic rings. The summed E-state index contributed by atoms with van der Waals surface area (Å²) in [6, 6.07) is 1.01. The molecule has 2 aliphatic heterocycles. The van der Waals surface area contributed by atoms with Crippen LogP contribution in [0.2, 0.25) is 0 Å². The van der Waals surface area contributed by atoms with Crippen LogP contribution in [0.4, 0.5) is 0 Å². The van der Waals surface area contributed by atoms with Gasteiger partial charge in [-0.05, 0) is 52.1 Å². The maximum absolute atomic E-state index is 11.9. The van der Waals surface area contributed by atoms with Gasteiger partial charge in [-0.1, -0.05) is 20.3 Å². The van der Waals surface area contributed by atoms with E-state index in [-0.39, 0.29) is 29.9 Å². The van der Waals surface area contributed by atoms with Gasteiger partial charge in [0.15, 0.2) is 5.96 Å². The van der Waals surface area contributed by atoms with Gasteiger partial charge < -0.3 is 16.0 Å². The Labute approximate surface area is 194 Å². The van der Waals surface area contributed by atoms with Crippen LogP contribution in [0.5, 0.6) is 0 Å². The van der Waals surface area contributed by atoms with Crippen LogP contribution >= 0.6 is 24.0 Å². The Morgan fingerprint density at radius 3 is 2.45 bits per heavy atom. The lowest BCUT2D eigenvalue weighted by Crippen LogP contribution is -2.50. The van der Waals surface area contributed by atoms with Crippen molar-refractivity contribution in [3.8, 4) is 0 Å². The predicted molar refractivity (Wildman–Crippen MR) is 132 cm³/mol. The molecule has 2 saturated heterocycles. The minimum absolute atomic E-state index is 0. The summed E-state index contributed by atoms with van der Waals surface area (Å²) in [6.45, 7) is 13.8. The average Bonchev–Trinajstić information content (AvgIpc) is 2.72. The molecule has 0 radical (unpaired) electrons. The molecule has 2 fully saturated rings. The molecule has 3 N–H and O–H groups in total. The molecule has 0 aromatic heterocycles. The summed E-state index contributed by atoms with van der Waals surface area (Å²) >= 11 is 0. The Kier molecular flexibility index (Phi) is 13.9. The third-order valence-electron chi connectivity index (χ3n) is 5.83. The van der Waals surface area contributed by atoms with Crippen molar-refractivity contribution < 1.29 is 4.79 Å². The number of hydrogen-bond acceptors (Lipinski definition) is 4. The molecule has 1 amide bonds. The molecule has 29 heavy (non-hydrogen) atoms. The van der Waals surface area contributed by atoms with E-state index < -0.39 is 0 Å². The highest BCUT2D eigenvalue weighted by atomic mass is 127. The molecule has 7 nitrogen and oxygen atoms in total. The lowest BCUT2D eigenvalue weighted by Gasteiger charge is -2.34. The first kappa shape index (κ1) is 26.4. The van der Waals surface area contributed by atoms with Gasteiger partial charge in [0.2, 0.25) is 5.91 Å². The fraction of sp³-hybridized carbons (Fsp3) is 0.905. The van der Waals surface area contributed by atoms with E-state index in [4.69, 9.17) is 4.99 Å². The van der Waals surface area contributed by atoms with Gasteiger partial charge in [-0.3, -0.25) is 19.6 Å². The number of hydrogen-bond donors (Lipinski definition) is 3. The van der Waals surface area contributed by atoms with Crippen molar-refractivity contribution in [2.24, 2.45) is 4.99 Å². The number of piperidine rings is 2. The summed E-state index contributed by atoms with van der Waals surface area (Å²) in [5.74, 6) is 1.10. The van der Waals surface area contributed by atoms with Crippen molar-refractivity contribution in [1.82, 2.24) is 25.8 Å². The summed E-state index contributed by atoms with van der Waals surface area (Å²) in [4.78, 5) is 21.6. The lowest BCUT2D eigenvalue weighted by molar-refractivity contribution is -0.122. The standard InChI is InChI=1S/C21H42N6O.HI/c1-4-12-23-20(28)17-26-14-10-18(11-15-26)25-21(22-5-2)24-16-19-9-7-8-13-27(19)6-3;/h18-19H,4-17H2,1-3H3,(H,23,28)(H2,22,24,25);1H. The molecule has 0 aliphatic carbocycles. The Hall–Kier alpha value is -0.610. The maximum Gasteiger partial charge on any atom is 0.234 e. The highest BCUT2D eigenvalue weighted by Gasteiger charge is 2.23. The third-order valence-corrected chi connectivity index (χ3v) is 5.83. The number of halogens is 1. The van der Waals surface area contributed by atoms with Crippen molar-refractivity contribution in [2.75, 3.05) is 52.4 Å². The highest BCUT2D eigenvalue weighted by molar-refractivity contribution is 14.0. The minimum atomic E-state index is 0. The van der Waals surface area contributed by atoms with Crippen LogP contribution in [-0.4, -0.2) is 86.1 Å². The summed E-state index contributed by atoms with van der Waals surface area (Å²) in [7, 11) is 0. The number of aliphatic imine (C=N–C) groups is 1. The molecule has 2 rings (SSSR count). The number of likely N-dealkylation sites (N-methyl/N-ethyl adjacent to an activating group) is 1. The minimum Gasteiger partial charge on any atom is -0.357 e. The van der Waals surface area contributed by atoms with Gasteiger partial charge in [0.05, 0.1) is 13.1 Å². The molecule has 0 bridgehead atoms. The van der Waals surface area contributed by atoms with Crippen LogP contribution in [0.15, 0.2) is 4.99 Å². The van der Waals surface area contributed by atoms with Gasteiger partial charge in [0.25, 0.3) is 0 Å². The zero-order valence-electron chi connectivity index (χ0n) is 18.7. The Bertz CT molecular complexity index is 482. The number of amides is 1. The molecular formula is C21H43IN6O. The van der Waals surface area contributed by atoms with Gasteiger partial charge >= 0.3 is 0 Å². The number of nitrogens with zero attached hydrogens (tertiary/aromatic N) is 3. The fourth-order valence-corrected chi connectivity index (χ4v) is 4.15. The second-order valence-electron chi connectivity index (χ2n) is 8.04. The molecule has 0 saturated carbocycles. The van der Waals surface area contributed by atoms with Gasteiger partial charge in [0.1, 0.15) is 0 Å². The van der Waals surface area contributed by atoms with E-state index in [1.165, 1.54) is 25.8 Å². The molecule has 0 aromatic carbocycles. The summed E-state index contributed by atoms with van der Waals surface area (Å²) < 4.78 is 0. The van der Waals surface area contributed by atoms with Gasteiger partial charge in [-0.15, -0.1) is 24.0 Å². The second kappa shape index (κ2) is 15.2. The van der Waals surface area contributed by atoms with E-state index in [0.29, 0.717) is 18.6 Å². The Morgan fingerprint density at radius 2 is 1.79 bits per heavy atom. The number of carbonyl (C=O) groups is 1. The number of likely N-dealkylation sites (tertiary alicyclic amines) is 2. The molecule has 1 atom stereocenters. The number of carbonyl (C=O) groups excluding carboxylic acids is 1. The van der Waals surface area contributed by atoms with Crippen LogP contribution in [0, 0.1) is 0 Å². The molecule has 170 valence electrons. The monoisotopic (exact) mass is 522 g/mol. The largest absolute Gasteiger partial charge is 0.357 e. The SMILES string of the molecule is CCCNC(=O)CN1CCC(NC(=NCC2CCCCN2CC)NCC)CC1.I. The van der Waals surface area contributed by atoms with E-state index in [1.54, 1.807) is 0 Å². The van der Waals surface area contributed by atoms with Gasteiger partial charge in [-0.25, -0.2) is 0 Å². The van der Waals surface area contributed by atoms with Crippen LogP contribution in [0.1, 0.15) is 59.3 Å². The topological polar surface area (TPSA) is 72.0 Å². The zero-order valence-corrected chi connectivity index (χ0v) is 21.0. The van der Waals surface area contributed by atoms with Crippen LogP contribution in [0.25, 0.3) is 0 Å². The smallest absolute Gasteiger partial charge is 0.234 e. The lowest BCUT2D eigenvalue weighted by atomic mass is 10.0. The van der Waals surface area contributed by atoms with Crippen molar-refractivity contribution in [2.45, 2.75) is 71.4 Å². The molecule has 8 heteroatoms. The van der Waals surface area contributed by atoms with E-state index in [9.17, 15) is 4.79 Å². The summed E-state index contributed by atoms with van der Waals surface area (Å²) in [6.07, 6.45) is 6.99. The van der Waals surface area contributed by atoms with Crippen molar-refractivity contribution in [1.29, 1.82) is 0 Å². The number of rotatable bonds is 9. The van der Waals surface area contributed by atoms with Crippen LogP contribution in [0.3, 0.4) is 0 Å². The van der Waals surface area contributed by atoms with Crippen molar-refractivity contribution in [3.05, 3.63) is 0 Å². The molecular weight excluding hydrogens is 479 g/mol. The average molecular weight is 523 g/mol. The fourth-order valence-electron chi connectivity index (χ4n) is 4.15. The number of guanidine groups is 1. The molecule has 0 spiro atoms. The molecule has 2 aliphatic rings. The Morgan fingerprint density at radius 1 is 1.03 bits per heavy atom. The Balaban J connectivity index is 0.00000420. The van der Waals surface area contributed by atoms with E-state index >= 15 is 0 Å². The summed E-state index contributed by atoms with van der Waals surface area (Å²) in [5.41, 5.74) is 0. The first-order valence-electron chi connectivity index (χ1n) is 11.4. The molecule has 1 unspecified atom stereocenters. The molecule has 2 heterocycles. The zero-order chi connectivity index (χ0) is 20.2. The predicted octanol–water partition coefficient (Wildman–Crippen LogP) is 2.02. The van der Waals surface area contributed by atoms with Crippen LogP contribution in [-0.2, 0) is 4.79 Å². The summed E-state index contributed by atoms with van der Waals surface area (Å²) in [5, 5.41) is 10.0. The third kappa shape index (κ3) is 9.83. The van der Waals surface area contributed by atoms with Crippen molar-refractivity contribution in [3.63, 3.8) is 0 Å². The van der Waals surface area contributed by atoms with Gasteiger partial charge in [-0.2, -0.15) is 0 Å².